The van der Waals surface area contributed by atoms with E-state index in [1.807, 2.05) is 14.1 Å². The van der Waals surface area contributed by atoms with E-state index in [4.69, 9.17) is 12.2 Å². The molecule has 5 heteroatoms. The number of thiocarbonyl (C=S) groups is 1. The average molecular weight is 247 g/mol. The lowest BCUT2D eigenvalue weighted by Crippen LogP contribution is -2.21. The first kappa shape index (κ1) is 13.0. The van der Waals surface area contributed by atoms with E-state index in [0.717, 1.165) is 17.7 Å². The summed E-state index contributed by atoms with van der Waals surface area (Å²) >= 11 is 5.07. The van der Waals surface area contributed by atoms with Crippen LogP contribution in [-0.2, 0) is 12.6 Å². The topological polar surface area (TPSA) is 3.24 Å². The summed E-state index contributed by atoms with van der Waals surface area (Å²) in [5.41, 5.74) is 0.152. The van der Waals surface area contributed by atoms with Crippen molar-refractivity contribution in [2.45, 2.75) is 12.6 Å². The molecule has 0 N–H and O–H groups in total. The Hall–Kier alpha value is -1.10. The van der Waals surface area contributed by atoms with Gasteiger partial charge in [0.1, 0.15) is 0 Å². The fourth-order valence-electron chi connectivity index (χ4n) is 1.14. The molecule has 0 aliphatic heterocycles. The molecule has 1 rings (SSSR count). The normalized spacial score (nSPS) is 11.3. The fourth-order valence-corrected chi connectivity index (χ4v) is 1.31. The van der Waals surface area contributed by atoms with E-state index in [-0.39, 0.29) is 0 Å². The highest BCUT2D eigenvalue weighted by Gasteiger charge is 2.29. The second kappa shape index (κ2) is 4.82. The maximum absolute atomic E-state index is 12.3. The van der Waals surface area contributed by atoms with Crippen molar-refractivity contribution in [1.82, 2.24) is 4.90 Å². The molecule has 16 heavy (non-hydrogen) atoms. The van der Waals surface area contributed by atoms with Crippen LogP contribution in [-0.4, -0.2) is 24.0 Å². The van der Waals surface area contributed by atoms with E-state index in [1.54, 1.807) is 4.90 Å². The van der Waals surface area contributed by atoms with Crippen LogP contribution in [0.3, 0.4) is 0 Å². The number of alkyl halides is 3. The number of rotatable bonds is 2. The molecule has 1 aromatic carbocycles. The summed E-state index contributed by atoms with van der Waals surface area (Å²) in [6.45, 7) is 0. The molecular formula is C11H12F3NS. The summed E-state index contributed by atoms with van der Waals surface area (Å²) in [6.07, 6.45) is -3.79. The second-order valence-corrected chi connectivity index (χ2v) is 4.13. The molecule has 0 atom stereocenters. The Morgan fingerprint density at radius 1 is 1.19 bits per heavy atom. The van der Waals surface area contributed by atoms with Crippen molar-refractivity contribution in [3.8, 4) is 0 Å². The van der Waals surface area contributed by atoms with Gasteiger partial charge in [-0.3, -0.25) is 0 Å². The van der Waals surface area contributed by atoms with Crippen LogP contribution in [0, 0.1) is 0 Å². The number of hydrogen-bond acceptors (Lipinski definition) is 1. The average Bonchev–Trinajstić information content (AvgIpc) is 2.17. The minimum absolute atomic E-state index is 0.487. The first-order valence-electron chi connectivity index (χ1n) is 4.67. The molecule has 0 saturated heterocycles. The van der Waals surface area contributed by atoms with Crippen LogP contribution in [0.25, 0.3) is 0 Å². The number of benzene rings is 1. The smallest absolute Gasteiger partial charge is 0.372 e. The number of nitrogens with zero attached hydrogens (tertiary/aromatic N) is 1. The Morgan fingerprint density at radius 2 is 1.69 bits per heavy atom. The van der Waals surface area contributed by atoms with Crippen LogP contribution in [0.1, 0.15) is 11.1 Å². The van der Waals surface area contributed by atoms with Gasteiger partial charge in [0.05, 0.1) is 10.6 Å². The predicted octanol–water partition coefficient (Wildman–Crippen LogP) is 3.14. The molecule has 0 aliphatic carbocycles. The van der Waals surface area contributed by atoms with Crippen LogP contribution in [0.15, 0.2) is 24.3 Å². The minimum atomic E-state index is -4.28. The summed E-state index contributed by atoms with van der Waals surface area (Å²) in [7, 11) is 3.62. The van der Waals surface area contributed by atoms with Gasteiger partial charge in [-0.15, -0.1) is 0 Å². The maximum Gasteiger partial charge on any atom is 0.416 e. The zero-order valence-electron chi connectivity index (χ0n) is 9.01. The third kappa shape index (κ3) is 3.48. The van der Waals surface area contributed by atoms with Gasteiger partial charge < -0.3 is 4.90 Å². The Balaban J connectivity index is 2.76. The molecule has 0 aromatic heterocycles. The van der Waals surface area contributed by atoms with Crippen molar-refractivity contribution >= 4 is 17.2 Å². The number of halogens is 3. The second-order valence-electron chi connectivity index (χ2n) is 3.66. The van der Waals surface area contributed by atoms with Gasteiger partial charge in [-0.1, -0.05) is 24.4 Å². The molecule has 0 saturated carbocycles. The number of hydrogen-bond donors (Lipinski definition) is 0. The molecule has 88 valence electrons. The van der Waals surface area contributed by atoms with E-state index in [0.29, 0.717) is 11.4 Å². The minimum Gasteiger partial charge on any atom is -0.372 e. The summed E-state index contributed by atoms with van der Waals surface area (Å²) in [6, 6.07) is 5.07. The predicted molar refractivity (Wildman–Crippen MR) is 61.4 cm³/mol. The molecule has 0 spiro atoms. The van der Waals surface area contributed by atoms with E-state index in [2.05, 4.69) is 0 Å². The van der Waals surface area contributed by atoms with Crippen LogP contribution in [0.4, 0.5) is 13.2 Å². The molecule has 0 bridgehead atoms. The third-order valence-corrected chi connectivity index (χ3v) is 2.64. The molecular weight excluding hydrogens is 235 g/mol. The van der Waals surface area contributed by atoms with Gasteiger partial charge in [0, 0.05) is 20.5 Å². The summed E-state index contributed by atoms with van der Waals surface area (Å²) in [5, 5.41) is 0. The highest BCUT2D eigenvalue weighted by Crippen LogP contribution is 2.29. The Bertz CT molecular complexity index is 368. The molecule has 1 aromatic rings. The zero-order valence-corrected chi connectivity index (χ0v) is 9.82. The Kier molecular flexibility index (Phi) is 3.91. The quantitative estimate of drug-likeness (QED) is 0.739. The molecule has 0 amide bonds. The first-order chi connectivity index (χ1) is 7.30. The first-order valence-corrected chi connectivity index (χ1v) is 5.08. The van der Waals surface area contributed by atoms with Crippen molar-refractivity contribution in [2.75, 3.05) is 14.1 Å². The molecule has 0 unspecified atom stereocenters. The molecule has 1 nitrogen and oxygen atoms in total. The summed E-state index contributed by atoms with van der Waals surface area (Å²) < 4.78 is 36.8. The molecule has 0 aliphatic rings. The third-order valence-electron chi connectivity index (χ3n) is 2.14. The highest BCUT2D eigenvalue weighted by molar-refractivity contribution is 7.80. The largest absolute Gasteiger partial charge is 0.416 e. The molecule has 0 fully saturated rings. The Morgan fingerprint density at radius 3 is 2.06 bits per heavy atom. The lowest BCUT2D eigenvalue weighted by atomic mass is 10.1. The zero-order chi connectivity index (χ0) is 12.3. The van der Waals surface area contributed by atoms with Gasteiger partial charge in [-0.25, -0.2) is 0 Å². The Labute approximate surface area is 97.9 Å². The van der Waals surface area contributed by atoms with E-state index in [9.17, 15) is 13.2 Å². The van der Waals surface area contributed by atoms with Crippen LogP contribution in [0.2, 0.25) is 0 Å². The van der Waals surface area contributed by atoms with Crippen LogP contribution in [0.5, 0.6) is 0 Å². The van der Waals surface area contributed by atoms with Crippen molar-refractivity contribution in [3.63, 3.8) is 0 Å². The highest BCUT2D eigenvalue weighted by atomic mass is 32.1. The molecule has 0 heterocycles. The SMILES string of the molecule is CN(C)C(=S)Cc1ccc(C(F)(F)F)cc1. The number of likely N-dealkylation sites (N-methyl/N-ethyl adjacent to an activating group) is 1. The van der Waals surface area contributed by atoms with Crippen molar-refractivity contribution in [3.05, 3.63) is 35.4 Å². The summed E-state index contributed by atoms with van der Waals surface area (Å²) in [4.78, 5) is 2.47. The van der Waals surface area contributed by atoms with Crippen molar-refractivity contribution < 1.29 is 13.2 Å². The van der Waals surface area contributed by atoms with Crippen LogP contribution < -0.4 is 0 Å². The lowest BCUT2D eigenvalue weighted by molar-refractivity contribution is -0.137. The van der Waals surface area contributed by atoms with Gasteiger partial charge in [0.2, 0.25) is 0 Å². The molecule has 0 radical (unpaired) electrons. The van der Waals surface area contributed by atoms with Crippen LogP contribution >= 0.6 is 12.2 Å². The summed E-state index contributed by atoms with van der Waals surface area (Å²) in [5.74, 6) is 0. The lowest BCUT2D eigenvalue weighted by Gasteiger charge is -2.14. The monoisotopic (exact) mass is 247 g/mol. The van der Waals surface area contributed by atoms with Gasteiger partial charge in [-0.2, -0.15) is 13.2 Å². The van der Waals surface area contributed by atoms with E-state index in [1.165, 1.54) is 12.1 Å². The fraction of sp³-hybridized carbons (Fsp3) is 0.364. The van der Waals surface area contributed by atoms with E-state index < -0.39 is 11.7 Å². The van der Waals surface area contributed by atoms with Gasteiger partial charge >= 0.3 is 6.18 Å². The van der Waals surface area contributed by atoms with Gasteiger partial charge in [0.15, 0.2) is 0 Å². The van der Waals surface area contributed by atoms with Gasteiger partial charge in [0.25, 0.3) is 0 Å². The van der Waals surface area contributed by atoms with Crippen molar-refractivity contribution in [1.29, 1.82) is 0 Å². The van der Waals surface area contributed by atoms with E-state index >= 15 is 0 Å². The van der Waals surface area contributed by atoms with Gasteiger partial charge in [-0.05, 0) is 17.7 Å². The van der Waals surface area contributed by atoms with Crippen molar-refractivity contribution in [2.24, 2.45) is 0 Å². The maximum atomic E-state index is 12.3. The standard InChI is InChI=1S/C11H12F3NS/c1-15(2)10(16)7-8-3-5-9(6-4-8)11(12,13)14/h3-6H,7H2,1-2H3.